The monoisotopic (exact) mass is 355 g/mol. The fourth-order valence-electron chi connectivity index (χ4n) is 6.04. The van der Waals surface area contributed by atoms with Gasteiger partial charge in [-0.1, -0.05) is 6.07 Å². The van der Waals surface area contributed by atoms with E-state index in [0.29, 0.717) is 13.0 Å². The average Bonchev–Trinajstić information content (AvgIpc) is 2.56. The molecule has 2 N–H and O–H groups in total. The Kier molecular flexibility index (Phi) is 4.72. The van der Waals surface area contributed by atoms with E-state index >= 15 is 0 Å². The van der Waals surface area contributed by atoms with Gasteiger partial charge in [0.2, 0.25) is 11.8 Å². The van der Waals surface area contributed by atoms with E-state index in [1.165, 1.54) is 38.5 Å². The number of nitrogens with one attached hydrogen (secondary N) is 2. The molecule has 0 unspecified atom stereocenters. The highest BCUT2D eigenvalue weighted by molar-refractivity contribution is 5.84. The van der Waals surface area contributed by atoms with Gasteiger partial charge in [0.05, 0.1) is 18.8 Å². The molecule has 4 fully saturated rings. The molecule has 2 amide bonds. The van der Waals surface area contributed by atoms with Gasteiger partial charge in [0, 0.05) is 12.1 Å². The minimum absolute atomic E-state index is 0.0378. The van der Waals surface area contributed by atoms with E-state index in [1.54, 1.807) is 0 Å². The molecule has 5 nitrogen and oxygen atoms in total. The fraction of sp³-hybridized carbons (Fsp3) is 0.667. The zero-order chi connectivity index (χ0) is 18.1. The molecule has 1 aromatic heterocycles. The van der Waals surface area contributed by atoms with Crippen molar-refractivity contribution in [1.29, 1.82) is 0 Å². The van der Waals surface area contributed by atoms with Crippen molar-refractivity contribution in [3.05, 3.63) is 29.6 Å². The predicted octanol–water partition coefficient (Wildman–Crippen LogP) is 2.73. The summed E-state index contributed by atoms with van der Waals surface area (Å²) in [4.78, 5) is 28.8. The highest BCUT2D eigenvalue weighted by Gasteiger charge is 2.51. The molecule has 0 spiro atoms. The second-order valence-electron chi connectivity index (χ2n) is 8.92. The average molecular weight is 355 g/mol. The standard InChI is InChI=1S/C21H29N3O2/c1-14-3-2-4-18(24-14)12-22-20(26)13-23-19(25)11-21-8-15-5-16(9-21)7-17(6-15)10-21/h2-4,15-17H,5-13H2,1H3,(H,22,26)(H,23,25). The molecule has 0 aliphatic heterocycles. The molecule has 4 aliphatic carbocycles. The number of carbonyl (C=O) groups is 2. The van der Waals surface area contributed by atoms with E-state index in [9.17, 15) is 9.59 Å². The van der Waals surface area contributed by atoms with Crippen molar-refractivity contribution in [2.75, 3.05) is 6.54 Å². The fourth-order valence-corrected chi connectivity index (χ4v) is 6.04. The van der Waals surface area contributed by atoms with Gasteiger partial charge in [-0.15, -0.1) is 0 Å². The first-order chi connectivity index (χ1) is 12.5. The number of nitrogens with zero attached hydrogens (tertiary/aromatic N) is 1. The number of aryl methyl sites for hydroxylation is 1. The maximum Gasteiger partial charge on any atom is 0.239 e. The molecule has 1 heterocycles. The molecule has 26 heavy (non-hydrogen) atoms. The Labute approximate surface area is 155 Å². The third kappa shape index (κ3) is 3.92. The van der Waals surface area contributed by atoms with Crippen LogP contribution >= 0.6 is 0 Å². The number of amides is 2. The molecule has 1 aromatic rings. The number of hydrogen-bond donors (Lipinski definition) is 2. The Morgan fingerprint density at radius 2 is 1.69 bits per heavy atom. The third-order valence-corrected chi connectivity index (χ3v) is 6.56. The zero-order valence-electron chi connectivity index (χ0n) is 15.6. The molecule has 4 saturated carbocycles. The Balaban J connectivity index is 1.22. The minimum Gasteiger partial charge on any atom is -0.349 e. The maximum absolute atomic E-state index is 12.4. The molecule has 4 aliphatic rings. The van der Waals surface area contributed by atoms with Gasteiger partial charge < -0.3 is 10.6 Å². The van der Waals surface area contributed by atoms with Gasteiger partial charge in [-0.05, 0) is 80.8 Å². The first-order valence-corrected chi connectivity index (χ1v) is 9.96. The lowest BCUT2D eigenvalue weighted by Crippen LogP contribution is -2.48. The van der Waals surface area contributed by atoms with Crippen molar-refractivity contribution in [2.24, 2.45) is 23.2 Å². The van der Waals surface area contributed by atoms with Crippen molar-refractivity contribution in [3.63, 3.8) is 0 Å². The van der Waals surface area contributed by atoms with E-state index in [1.807, 2.05) is 25.1 Å². The maximum atomic E-state index is 12.4. The quantitative estimate of drug-likeness (QED) is 0.824. The number of aromatic nitrogens is 1. The van der Waals surface area contributed by atoms with E-state index < -0.39 is 0 Å². The summed E-state index contributed by atoms with van der Waals surface area (Å²) in [7, 11) is 0. The summed E-state index contributed by atoms with van der Waals surface area (Å²) in [6.45, 7) is 2.37. The number of hydrogen-bond acceptors (Lipinski definition) is 3. The van der Waals surface area contributed by atoms with Crippen LogP contribution in [0.2, 0.25) is 0 Å². The lowest BCUT2D eigenvalue weighted by atomic mass is 9.49. The van der Waals surface area contributed by atoms with Crippen LogP contribution in [0.5, 0.6) is 0 Å². The summed E-state index contributed by atoms with van der Waals surface area (Å²) >= 11 is 0. The highest BCUT2D eigenvalue weighted by Crippen LogP contribution is 2.61. The molecule has 5 heteroatoms. The summed E-state index contributed by atoms with van der Waals surface area (Å²) < 4.78 is 0. The summed E-state index contributed by atoms with van der Waals surface area (Å²) in [5, 5.41) is 5.66. The predicted molar refractivity (Wildman–Crippen MR) is 99.1 cm³/mol. The first kappa shape index (κ1) is 17.5. The van der Waals surface area contributed by atoms with Gasteiger partial charge in [0.25, 0.3) is 0 Å². The van der Waals surface area contributed by atoms with Crippen LogP contribution in [0.4, 0.5) is 0 Å². The van der Waals surface area contributed by atoms with Crippen LogP contribution < -0.4 is 10.6 Å². The van der Waals surface area contributed by atoms with Crippen LogP contribution in [0.3, 0.4) is 0 Å². The molecule has 4 bridgehead atoms. The van der Waals surface area contributed by atoms with Gasteiger partial charge >= 0.3 is 0 Å². The van der Waals surface area contributed by atoms with Gasteiger partial charge in [0.1, 0.15) is 0 Å². The van der Waals surface area contributed by atoms with Crippen molar-refractivity contribution in [3.8, 4) is 0 Å². The lowest BCUT2D eigenvalue weighted by molar-refractivity contribution is -0.131. The van der Waals surface area contributed by atoms with Crippen LogP contribution in [0, 0.1) is 30.1 Å². The van der Waals surface area contributed by atoms with Crippen LogP contribution in [-0.2, 0) is 16.1 Å². The molecule has 0 aromatic carbocycles. The second kappa shape index (κ2) is 7.01. The number of pyridine rings is 1. The van der Waals surface area contributed by atoms with Crippen molar-refractivity contribution < 1.29 is 9.59 Å². The molecule has 5 rings (SSSR count). The zero-order valence-corrected chi connectivity index (χ0v) is 15.6. The van der Waals surface area contributed by atoms with E-state index in [2.05, 4.69) is 15.6 Å². The number of rotatable bonds is 6. The third-order valence-electron chi connectivity index (χ3n) is 6.56. The second-order valence-corrected chi connectivity index (χ2v) is 8.92. The Bertz CT molecular complexity index is 665. The largest absolute Gasteiger partial charge is 0.349 e. The summed E-state index contributed by atoms with van der Waals surface area (Å²) in [5.74, 6) is 2.42. The topological polar surface area (TPSA) is 71.1 Å². The van der Waals surface area contributed by atoms with E-state index in [-0.39, 0.29) is 23.8 Å². The Morgan fingerprint density at radius 1 is 1.04 bits per heavy atom. The van der Waals surface area contributed by atoms with Crippen molar-refractivity contribution in [2.45, 2.75) is 58.4 Å². The van der Waals surface area contributed by atoms with Gasteiger partial charge in [0.15, 0.2) is 0 Å². The Hall–Kier alpha value is -1.91. The number of carbonyl (C=O) groups excluding carboxylic acids is 2. The highest BCUT2D eigenvalue weighted by atomic mass is 16.2. The molecular formula is C21H29N3O2. The molecule has 0 atom stereocenters. The Morgan fingerprint density at radius 3 is 2.31 bits per heavy atom. The van der Waals surface area contributed by atoms with Crippen LogP contribution in [0.15, 0.2) is 18.2 Å². The van der Waals surface area contributed by atoms with Gasteiger partial charge in [-0.3, -0.25) is 14.6 Å². The molecule has 140 valence electrons. The first-order valence-electron chi connectivity index (χ1n) is 9.96. The van der Waals surface area contributed by atoms with Crippen molar-refractivity contribution >= 4 is 11.8 Å². The van der Waals surface area contributed by atoms with Gasteiger partial charge in [-0.25, -0.2) is 0 Å². The minimum atomic E-state index is -0.160. The summed E-state index contributed by atoms with van der Waals surface area (Å²) in [6, 6.07) is 5.74. The van der Waals surface area contributed by atoms with Crippen molar-refractivity contribution in [1.82, 2.24) is 15.6 Å². The van der Waals surface area contributed by atoms with Crippen LogP contribution in [0.25, 0.3) is 0 Å². The molecular weight excluding hydrogens is 326 g/mol. The summed E-state index contributed by atoms with van der Waals surface area (Å²) in [5.41, 5.74) is 1.99. The smallest absolute Gasteiger partial charge is 0.239 e. The molecule has 0 saturated heterocycles. The van der Waals surface area contributed by atoms with Crippen LogP contribution in [0.1, 0.15) is 56.3 Å². The normalized spacial score (nSPS) is 31.7. The van der Waals surface area contributed by atoms with Gasteiger partial charge in [-0.2, -0.15) is 0 Å². The SMILES string of the molecule is Cc1cccc(CNC(=O)CNC(=O)CC23CC4CC(CC(C4)C2)C3)n1. The van der Waals surface area contributed by atoms with E-state index in [4.69, 9.17) is 0 Å². The van der Waals surface area contributed by atoms with Crippen LogP contribution in [-0.4, -0.2) is 23.3 Å². The molecule has 0 radical (unpaired) electrons. The summed E-state index contributed by atoms with van der Waals surface area (Å²) in [6.07, 6.45) is 8.42. The van der Waals surface area contributed by atoms with E-state index in [0.717, 1.165) is 29.1 Å². The lowest BCUT2D eigenvalue weighted by Gasteiger charge is -2.56.